The Balaban J connectivity index is 3.28. The molecule has 0 aliphatic rings. The predicted molar refractivity (Wildman–Crippen MR) is 54.1 cm³/mol. The van der Waals surface area contributed by atoms with Crippen LogP contribution < -0.4 is 5.73 Å². The van der Waals surface area contributed by atoms with E-state index in [0.717, 1.165) is 5.56 Å². The Hall–Kier alpha value is 0.0500. The van der Waals surface area contributed by atoms with Gasteiger partial charge in [0, 0.05) is 11.1 Å². The number of hydrogen-bond donors (Lipinski definition) is 1. The van der Waals surface area contributed by atoms with Gasteiger partial charge in [-0.2, -0.15) is 0 Å². The molecule has 0 unspecified atom stereocenters. The summed E-state index contributed by atoms with van der Waals surface area (Å²) in [6, 6.07) is 3.16. The Morgan fingerprint density at radius 1 is 1.25 bits per heavy atom. The maximum absolute atomic E-state index is 5.89. The molecule has 0 spiro atoms. The molecule has 2 N–H and O–H groups in total. The number of rotatable bonds is 1. The van der Waals surface area contributed by atoms with E-state index in [1.807, 2.05) is 6.92 Å². The molecule has 0 aliphatic carbocycles. The molecule has 4 heteroatoms. The van der Waals surface area contributed by atoms with E-state index < -0.39 is 0 Å². The van der Waals surface area contributed by atoms with Crippen molar-refractivity contribution in [3.8, 4) is 0 Å². The van der Waals surface area contributed by atoms with E-state index >= 15 is 0 Å². The van der Waals surface area contributed by atoms with Crippen LogP contribution in [-0.2, 0) is 0 Å². The minimum Gasteiger partial charge on any atom is -0.324 e. The molecule has 1 aromatic carbocycles. The lowest BCUT2D eigenvalue weighted by Gasteiger charge is -2.09. The average molecular weight is 225 g/mol. The molecular weight excluding hydrogens is 216 g/mol. The van der Waals surface area contributed by atoms with E-state index in [2.05, 4.69) is 0 Å². The molecule has 1 nitrogen and oxygen atoms in total. The highest BCUT2D eigenvalue weighted by atomic mass is 35.5. The minimum atomic E-state index is -0.159. The first-order chi connectivity index (χ1) is 5.52. The summed E-state index contributed by atoms with van der Waals surface area (Å²) in [5.74, 6) is 0. The highest BCUT2D eigenvalue weighted by Gasteiger charge is 2.09. The molecule has 1 rings (SSSR count). The van der Waals surface area contributed by atoms with Crippen molar-refractivity contribution in [2.75, 3.05) is 0 Å². The number of nitrogens with two attached hydrogens (primary N) is 1. The van der Waals surface area contributed by atoms with Crippen molar-refractivity contribution in [3.63, 3.8) is 0 Å². The van der Waals surface area contributed by atoms with Crippen LogP contribution in [0.15, 0.2) is 12.1 Å². The SMILES string of the molecule is C[C@@H](N)c1cc(Cl)cc(Cl)c1Cl. The third-order valence-electron chi connectivity index (χ3n) is 1.51. The van der Waals surface area contributed by atoms with Gasteiger partial charge in [-0.15, -0.1) is 0 Å². The van der Waals surface area contributed by atoms with Gasteiger partial charge in [-0.25, -0.2) is 0 Å². The van der Waals surface area contributed by atoms with Crippen LogP contribution in [0.25, 0.3) is 0 Å². The Morgan fingerprint density at radius 3 is 2.33 bits per heavy atom. The van der Waals surface area contributed by atoms with Crippen LogP contribution in [0, 0.1) is 0 Å². The van der Waals surface area contributed by atoms with Crippen LogP contribution in [0.4, 0.5) is 0 Å². The van der Waals surface area contributed by atoms with E-state index in [9.17, 15) is 0 Å². The van der Waals surface area contributed by atoms with Crippen molar-refractivity contribution >= 4 is 34.8 Å². The molecule has 0 heterocycles. The summed E-state index contributed by atoms with van der Waals surface area (Å²) >= 11 is 17.4. The third-order valence-corrected chi connectivity index (χ3v) is 2.55. The van der Waals surface area contributed by atoms with Crippen LogP contribution in [-0.4, -0.2) is 0 Å². The van der Waals surface area contributed by atoms with Crippen molar-refractivity contribution in [1.82, 2.24) is 0 Å². The van der Waals surface area contributed by atoms with Crippen molar-refractivity contribution in [2.45, 2.75) is 13.0 Å². The zero-order valence-electron chi connectivity index (χ0n) is 6.44. The van der Waals surface area contributed by atoms with Gasteiger partial charge in [0.15, 0.2) is 0 Å². The zero-order chi connectivity index (χ0) is 9.30. The standard InChI is InChI=1S/C8H8Cl3N/c1-4(12)6-2-5(9)3-7(10)8(6)11/h2-4H,12H2,1H3/t4-/m1/s1. The lowest BCUT2D eigenvalue weighted by molar-refractivity contribution is 0.818. The largest absolute Gasteiger partial charge is 0.324 e. The van der Waals surface area contributed by atoms with Crippen LogP contribution in [0.2, 0.25) is 15.1 Å². The first-order valence-corrected chi connectivity index (χ1v) is 4.55. The normalized spacial score (nSPS) is 13.1. The summed E-state index contributed by atoms with van der Waals surface area (Å²) in [7, 11) is 0. The van der Waals surface area contributed by atoms with Gasteiger partial charge in [-0.3, -0.25) is 0 Å². The van der Waals surface area contributed by atoms with Crippen LogP contribution in [0.1, 0.15) is 18.5 Å². The zero-order valence-corrected chi connectivity index (χ0v) is 8.71. The summed E-state index contributed by atoms with van der Waals surface area (Å²) < 4.78 is 0. The van der Waals surface area contributed by atoms with Crippen molar-refractivity contribution < 1.29 is 0 Å². The molecule has 12 heavy (non-hydrogen) atoms. The lowest BCUT2D eigenvalue weighted by Crippen LogP contribution is -2.05. The summed E-state index contributed by atoms with van der Waals surface area (Å²) in [5, 5.41) is 1.48. The molecule has 0 aliphatic heterocycles. The van der Waals surface area contributed by atoms with Crippen molar-refractivity contribution in [3.05, 3.63) is 32.8 Å². The number of hydrogen-bond acceptors (Lipinski definition) is 1. The molecule has 0 saturated carbocycles. The fraction of sp³-hybridized carbons (Fsp3) is 0.250. The molecule has 1 aromatic rings. The van der Waals surface area contributed by atoms with E-state index in [4.69, 9.17) is 40.5 Å². The molecule has 0 saturated heterocycles. The Labute approximate surface area is 86.4 Å². The van der Waals surface area contributed by atoms with Gasteiger partial charge < -0.3 is 5.73 Å². The van der Waals surface area contributed by atoms with Crippen LogP contribution in [0.3, 0.4) is 0 Å². The topological polar surface area (TPSA) is 26.0 Å². The summed E-state index contributed by atoms with van der Waals surface area (Å²) in [6.07, 6.45) is 0. The van der Waals surface area contributed by atoms with Crippen LogP contribution >= 0.6 is 34.8 Å². The molecule has 0 radical (unpaired) electrons. The first kappa shape index (κ1) is 10.1. The van der Waals surface area contributed by atoms with Gasteiger partial charge in [-0.05, 0) is 24.6 Å². The quantitative estimate of drug-likeness (QED) is 0.724. The van der Waals surface area contributed by atoms with Crippen molar-refractivity contribution in [1.29, 1.82) is 0 Å². The molecular formula is C8H8Cl3N. The minimum absolute atomic E-state index is 0.159. The Morgan fingerprint density at radius 2 is 1.83 bits per heavy atom. The van der Waals surface area contributed by atoms with Gasteiger partial charge in [0.1, 0.15) is 0 Å². The second-order valence-corrected chi connectivity index (χ2v) is 3.80. The highest BCUT2D eigenvalue weighted by molar-refractivity contribution is 6.43. The second-order valence-electron chi connectivity index (χ2n) is 2.58. The predicted octanol–water partition coefficient (Wildman–Crippen LogP) is 3.67. The van der Waals surface area contributed by atoms with E-state index in [1.54, 1.807) is 12.1 Å². The lowest BCUT2D eigenvalue weighted by atomic mass is 10.1. The molecule has 0 amide bonds. The summed E-state index contributed by atoms with van der Waals surface area (Å²) in [5.41, 5.74) is 6.42. The van der Waals surface area contributed by atoms with Gasteiger partial charge in [0.25, 0.3) is 0 Å². The third kappa shape index (κ3) is 2.05. The van der Waals surface area contributed by atoms with Crippen LogP contribution in [0.5, 0.6) is 0 Å². The smallest absolute Gasteiger partial charge is 0.0640 e. The molecule has 1 atom stereocenters. The molecule has 66 valence electrons. The number of halogens is 3. The maximum atomic E-state index is 5.89. The molecule has 0 fully saturated rings. The molecule has 0 aromatic heterocycles. The van der Waals surface area contributed by atoms with Gasteiger partial charge in [-0.1, -0.05) is 34.8 Å². The molecule has 0 bridgehead atoms. The number of benzene rings is 1. The van der Waals surface area contributed by atoms with E-state index in [1.165, 1.54) is 0 Å². The summed E-state index contributed by atoms with van der Waals surface area (Å²) in [6.45, 7) is 1.83. The monoisotopic (exact) mass is 223 g/mol. The highest BCUT2D eigenvalue weighted by Crippen LogP contribution is 2.32. The van der Waals surface area contributed by atoms with Gasteiger partial charge >= 0.3 is 0 Å². The van der Waals surface area contributed by atoms with Gasteiger partial charge in [0.2, 0.25) is 0 Å². The maximum Gasteiger partial charge on any atom is 0.0640 e. The van der Waals surface area contributed by atoms with E-state index in [0.29, 0.717) is 15.1 Å². The van der Waals surface area contributed by atoms with Gasteiger partial charge in [0.05, 0.1) is 10.0 Å². The first-order valence-electron chi connectivity index (χ1n) is 3.42. The fourth-order valence-electron chi connectivity index (χ4n) is 0.907. The van der Waals surface area contributed by atoms with Crippen molar-refractivity contribution in [2.24, 2.45) is 5.73 Å². The van der Waals surface area contributed by atoms with E-state index in [-0.39, 0.29) is 6.04 Å². The second kappa shape index (κ2) is 3.84. The average Bonchev–Trinajstić information content (AvgIpc) is 1.96. The Kier molecular flexibility index (Phi) is 3.24. The summed E-state index contributed by atoms with van der Waals surface area (Å²) in [4.78, 5) is 0. The fourth-order valence-corrected chi connectivity index (χ4v) is 1.70. The Bertz CT molecular complexity index is 297.